The Hall–Kier alpha value is -2.11. The van der Waals surface area contributed by atoms with Gasteiger partial charge in [0.25, 0.3) is 0 Å². The second-order valence-electron chi connectivity index (χ2n) is 5.75. The van der Waals surface area contributed by atoms with Crippen molar-refractivity contribution in [3.05, 3.63) is 35.2 Å². The van der Waals surface area contributed by atoms with E-state index in [9.17, 15) is 4.79 Å². The molecule has 6 nitrogen and oxygen atoms in total. The molecular formula is C15H21N5O. The van der Waals surface area contributed by atoms with E-state index in [-0.39, 0.29) is 11.9 Å². The van der Waals surface area contributed by atoms with Crippen molar-refractivity contribution in [1.29, 1.82) is 0 Å². The zero-order valence-electron chi connectivity index (χ0n) is 12.8. The highest BCUT2D eigenvalue weighted by atomic mass is 16.1. The number of hydrogen-bond acceptors (Lipinski definition) is 3. The predicted octanol–water partition coefficient (Wildman–Crippen LogP) is 0.907. The van der Waals surface area contributed by atoms with E-state index < -0.39 is 0 Å². The lowest BCUT2D eigenvalue weighted by molar-refractivity contribution is -0.121. The summed E-state index contributed by atoms with van der Waals surface area (Å²) >= 11 is 0. The SMILES string of the molecule is Cc1nn(C)c(C)c1CC(=O)N[C@H]1CCc2nccn2C1. The van der Waals surface area contributed by atoms with Crippen LogP contribution in [0.5, 0.6) is 0 Å². The van der Waals surface area contributed by atoms with Crippen LogP contribution in [0.3, 0.4) is 0 Å². The summed E-state index contributed by atoms with van der Waals surface area (Å²) in [7, 11) is 1.91. The highest BCUT2D eigenvalue weighted by Crippen LogP contribution is 2.15. The molecule has 2 aromatic heterocycles. The van der Waals surface area contributed by atoms with E-state index in [2.05, 4.69) is 20.0 Å². The first-order valence-electron chi connectivity index (χ1n) is 7.33. The Kier molecular flexibility index (Phi) is 3.53. The third kappa shape index (κ3) is 2.70. The van der Waals surface area contributed by atoms with Gasteiger partial charge in [-0.25, -0.2) is 4.98 Å². The summed E-state index contributed by atoms with van der Waals surface area (Å²) in [6.07, 6.45) is 6.07. The van der Waals surface area contributed by atoms with E-state index in [0.29, 0.717) is 6.42 Å². The molecule has 6 heteroatoms. The zero-order valence-corrected chi connectivity index (χ0v) is 12.8. The van der Waals surface area contributed by atoms with Gasteiger partial charge in [-0.2, -0.15) is 5.10 Å². The summed E-state index contributed by atoms with van der Waals surface area (Å²) in [5.41, 5.74) is 3.03. The molecule has 0 aromatic carbocycles. The number of nitrogens with zero attached hydrogens (tertiary/aromatic N) is 4. The van der Waals surface area contributed by atoms with Crippen LogP contribution < -0.4 is 5.32 Å². The number of imidazole rings is 1. The lowest BCUT2D eigenvalue weighted by atomic mass is 10.1. The second-order valence-corrected chi connectivity index (χ2v) is 5.75. The van der Waals surface area contributed by atoms with Gasteiger partial charge >= 0.3 is 0 Å². The van der Waals surface area contributed by atoms with Crippen molar-refractivity contribution in [1.82, 2.24) is 24.6 Å². The molecule has 1 amide bonds. The van der Waals surface area contributed by atoms with Gasteiger partial charge in [0.1, 0.15) is 5.82 Å². The van der Waals surface area contributed by atoms with Crippen LogP contribution in [0.4, 0.5) is 0 Å². The molecule has 21 heavy (non-hydrogen) atoms. The van der Waals surface area contributed by atoms with Crippen LogP contribution in [0.15, 0.2) is 12.4 Å². The highest BCUT2D eigenvalue weighted by molar-refractivity contribution is 5.79. The Labute approximate surface area is 124 Å². The van der Waals surface area contributed by atoms with E-state index >= 15 is 0 Å². The highest BCUT2D eigenvalue weighted by Gasteiger charge is 2.21. The van der Waals surface area contributed by atoms with Crippen molar-refractivity contribution < 1.29 is 4.79 Å². The zero-order chi connectivity index (χ0) is 15.0. The lowest BCUT2D eigenvalue weighted by Gasteiger charge is -2.24. The monoisotopic (exact) mass is 287 g/mol. The minimum absolute atomic E-state index is 0.0720. The normalized spacial score (nSPS) is 17.6. The van der Waals surface area contributed by atoms with E-state index in [0.717, 1.165) is 42.2 Å². The quantitative estimate of drug-likeness (QED) is 0.912. The predicted molar refractivity (Wildman–Crippen MR) is 78.9 cm³/mol. The Balaban J connectivity index is 1.62. The fraction of sp³-hybridized carbons (Fsp3) is 0.533. The molecule has 0 fully saturated rings. The number of fused-ring (bicyclic) bond motifs is 1. The summed E-state index contributed by atoms with van der Waals surface area (Å²) in [5, 5.41) is 7.49. The first kappa shape index (κ1) is 13.9. The summed E-state index contributed by atoms with van der Waals surface area (Å²) in [4.78, 5) is 16.6. The molecule has 1 N–H and O–H groups in total. The van der Waals surface area contributed by atoms with Gasteiger partial charge in [-0.3, -0.25) is 9.48 Å². The third-order valence-corrected chi connectivity index (χ3v) is 4.30. The average molecular weight is 287 g/mol. The second kappa shape index (κ2) is 5.35. The first-order chi connectivity index (χ1) is 10.0. The number of nitrogens with one attached hydrogen (secondary N) is 1. The molecule has 0 unspecified atom stereocenters. The standard InChI is InChI=1S/C15H21N5O/c1-10-13(11(2)19(3)18-10)8-15(21)17-12-4-5-14-16-6-7-20(14)9-12/h6-7,12H,4-5,8-9H2,1-3H3,(H,17,21)/t12-/m0/s1. The number of amides is 1. The number of hydrogen-bond donors (Lipinski definition) is 1. The molecule has 0 spiro atoms. The first-order valence-corrected chi connectivity index (χ1v) is 7.33. The van der Waals surface area contributed by atoms with Gasteiger partial charge in [-0.15, -0.1) is 0 Å². The third-order valence-electron chi connectivity index (χ3n) is 4.30. The maximum Gasteiger partial charge on any atom is 0.224 e. The van der Waals surface area contributed by atoms with Gasteiger partial charge in [-0.1, -0.05) is 0 Å². The van der Waals surface area contributed by atoms with Crippen molar-refractivity contribution in [2.24, 2.45) is 7.05 Å². The minimum Gasteiger partial charge on any atom is -0.351 e. The van der Waals surface area contributed by atoms with Gasteiger partial charge in [0.15, 0.2) is 0 Å². The Morgan fingerprint density at radius 3 is 3.00 bits per heavy atom. The minimum atomic E-state index is 0.0720. The largest absolute Gasteiger partial charge is 0.351 e. The van der Waals surface area contributed by atoms with Crippen LogP contribution in [0.2, 0.25) is 0 Å². The van der Waals surface area contributed by atoms with Gasteiger partial charge in [0, 0.05) is 49.7 Å². The number of rotatable bonds is 3. The van der Waals surface area contributed by atoms with Crippen LogP contribution in [-0.4, -0.2) is 31.3 Å². The molecule has 1 atom stereocenters. The number of aromatic nitrogens is 4. The molecule has 0 bridgehead atoms. The van der Waals surface area contributed by atoms with Crippen LogP contribution in [0, 0.1) is 13.8 Å². The van der Waals surface area contributed by atoms with Crippen LogP contribution in [0.1, 0.15) is 29.2 Å². The van der Waals surface area contributed by atoms with E-state index in [1.165, 1.54) is 0 Å². The lowest BCUT2D eigenvalue weighted by Crippen LogP contribution is -2.41. The average Bonchev–Trinajstić information content (AvgIpc) is 2.99. The van der Waals surface area contributed by atoms with Crippen molar-refractivity contribution in [3.63, 3.8) is 0 Å². The van der Waals surface area contributed by atoms with Gasteiger partial charge in [0.05, 0.1) is 12.1 Å². The fourth-order valence-electron chi connectivity index (χ4n) is 3.00. The van der Waals surface area contributed by atoms with Gasteiger partial charge < -0.3 is 9.88 Å². The number of carbonyl (C=O) groups excluding carboxylic acids is 1. The molecule has 0 aliphatic carbocycles. The maximum atomic E-state index is 12.3. The van der Waals surface area contributed by atoms with Crippen molar-refractivity contribution >= 4 is 5.91 Å². The molecule has 112 valence electrons. The summed E-state index contributed by atoms with van der Waals surface area (Å²) in [5.74, 6) is 1.18. The molecule has 2 aromatic rings. The number of aryl methyl sites for hydroxylation is 3. The van der Waals surface area contributed by atoms with Gasteiger partial charge in [0.2, 0.25) is 5.91 Å². The van der Waals surface area contributed by atoms with E-state index in [1.54, 1.807) is 0 Å². The molecule has 0 radical (unpaired) electrons. The number of carbonyl (C=O) groups is 1. The van der Waals surface area contributed by atoms with Crippen LogP contribution in [-0.2, 0) is 31.2 Å². The molecule has 1 aliphatic rings. The molecule has 3 heterocycles. The summed E-state index contributed by atoms with van der Waals surface area (Å²) < 4.78 is 3.95. The van der Waals surface area contributed by atoms with Gasteiger partial charge in [-0.05, 0) is 20.3 Å². The molecule has 3 rings (SSSR count). The molecular weight excluding hydrogens is 266 g/mol. The Morgan fingerprint density at radius 2 is 2.29 bits per heavy atom. The summed E-state index contributed by atoms with van der Waals surface area (Å²) in [6.45, 7) is 4.76. The topological polar surface area (TPSA) is 64.7 Å². The van der Waals surface area contributed by atoms with E-state index in [4.69, 9.17) is 0 Å². The maximum absolute atomic E-state index is 12.3. The Morgan fingerprint density at radius 1 is 1.48 bits per heavy atom. The van der Waals surface area contributed by atoms with Crippen LogP contribution >= 0.6 is 0 Å². The van der Waals surface area contributed by atoms with Crippen molar-refractivity contribution in [2.45, 2.75) is 45.7 Å². The summed E-state index contributed by atoms with van der Waals surface area (Å²) in [6, 6.07) is 0.191. The molecule has 0 saturated carbocycles. The fourth-order valence-corrected chi connectivity index (χ4v) is 3.00. The van der Waals surface area contributed by atoms with Crippen molar-refractivity contribution in [3.8, 4) is 0 Å². The molecule has 0 saturated heterocycles. The van der Waals surface area contributed by atoms with Crippen molar-refractivity contribution in [2.75, 3.05) is 0 Å². The van der Waals surface area contributed by atoms with E-state index in [1.807, 2.05) is 38.0 Å². The Bertz CT molecular complexity index is 670. The smallest absolute Gasteiger partial charge is 0.224 e. The van der Waals surface area contributed by atoms with Crippen LogP contribution in [0.25, 0.3) is 0 Å². The molecule has 1 aliphatic heterocycles.